The fraction of sp³-hybridized carbons (Fsp3) is 0.227. The lowest BCUT2D eigenvalue weighted by Crippen LogP contribution is -2.38. The summed E-state index contributed by atoms with van der Waals surface area (Å²) in [6.45, 7) is 4.02. The Labute approximate surface area is 171 Å². The van der Waals surface area contributed by atoms with E-state index in [2.05, 4.69) is 0 Å². The third-order valence-corrected chi connectivity index (χ3v) is 6.09. The van der Waals surface area contributed by atoms with Gasteiger partial charge in [0.05, 0.1) is 4.90 Å². The number of rotatable bonds is 7. The van der Waals surface area contributed by atoms with Crippen molar-refractivity contribution in [2.75, 3.05) is 10.8 Å². The van der Waals surface area contributed by atoms with E-state index in [1.165, 1.54) is 27.1 Å². The summed E-state index contributed by atoms with van der Waals surface area (Å²) >= 11 is 0. The SMILES string of the molecule is CC(C)CN(c1cccn(C)c1=O)S(=O)(=O)c1ccc(Oc2ccccc2)cc1. The van der Waals surface area contributed by atoms with Crippen molar-refractivity contribution in [1.29, 1.82) is 0 Å². The van der Waals surface area contributed by atoms with Crippen LogP contribution < -0.4 is 14.6 Å². The molecule has 0 unspecified atom stereocenters. The van der Waals surface area contributed by atoms with Crippen molar-refractivity contribution < 1.29 is 13.2 Å². The molecule has 6 nitrogen and oxygen atoms in total. The molecule has 3 aromatic rings. The maximum Gasteiger partial charge on any atom is 0.274 e. The molecule has 3 rings (SSSR count). The highest BCUT2D eigenvalue weighted by molar-refractivity contribution is 7.92. The van der Waals surface area contributed by atoms with Gasteiger partial charge in [-0.05, 0) is 54.4 Å². The standard InChI is InChI=1S/C22H24N2O4S/c1-17(2)16-24(21-10-7-15-23(3)22(21)25)29(26,27)20-13-11-19(12-14-20)28-18-8-5-4-6-9-18/h4-15,17H,16H2,1-3H3. The largest absolute Gasteiger partial charge is 0.457 e. The lowest BCUT2D eigenvalue weighted by atomic mass is 10.2. The number of ether oxygens (including phenoxy) is 1. The molecule has 29 heavy (non-hydrogen) atoms. The summed E-state index contributed by atoms with van der Waals surface area (Å²) in [4.78, 5) is 12.7. The molecule has 0 amide bonds. The smallest absolute Gasteiger partial charge is 0.274 e. The van der Waals surface area contributed by atoms with Gasteiger partial charge in [0.1, 0.15) is 17.2 Å². The van der Waals surface area contributed by atoms with Gasteiger partial charge >= 0.3 is 0 Å². The van der Waals surface area contributed by atoms with Crippen LogP contribution in [0.4, 0.5) is 5.69 Å². The first kappa shape index (κ1) is 20.7. The lowest BCUT2D eigenvalue weighted by Gasteiger charge is -2.26. The van der Waals surface area contributed by atoms with E-state index < -0.39 is 10.0 Å². The van der Waals surface area contributed by atoms with Crippen LogP contribution in [0.1, 0.15) is 13.8 Å². The van der Waals surface area contributed by atoms with E-state index in [1.54, 1.807) is 31.4 Å². The Balaban J connectivity index is 1.95. The third kappa shape index (κ3) is 4.68. The van der Waals surface area contributed by atoms with E-state index in [0.29, 0.717) is 11.5 Å². The summed E-state index contributed by atoms with van der Waals surface area (Å²) in [6, 6.07) is 18.7. The van der Waals surface area contributed by atoms with E-state index in [9.17, 15) is 13.2 Å². The number of hydrogen-bond donors (Lipinski definition) is 0. The summed E-state index contributed by atoms with van der Waals surface area (Å²) in [7, 11) is -2.31. The van der Waals surface area contributed by atoms with Crippen molar-refractivity contribution >= 4 is 15.7 Å². The normalized spacial score (nSPS) is 11.4. The quantitative estimate of drug-likeness (QED) is 0.588. The minimum absolute atomic E-state index is 0.0374. The Morgan fingerprint density at radius 3 is 2.17 bits per heavy atom. The fourth-order valence-corrected chi connectivity index (χ4v) is 4.49. The molecular formula is C22H24N2O4S. The van der Waals surface area contributed by atoms with Crippen LogP contribution in [-0.4, -0.2) is 19.5 Å². The van der Waals surface area contributed by atoms with E-state index in [4.69, 9.17) is 4.74 Å². The molecule has 1 heterocycles. The van der Waals surface area contributed by atoms with E-state index in [1.807, 2.05) is 44.2 Å². The molecule has 0 fully saturated rings. The van der Waals surface area contributed by atoms with Gasteiger partial charge in [0.15, 0.2) is 0 Å². The molecule has 0 N–H and O–H groups in total. The number of sulfonamides is 1. The number of hydrogen-bond acceptors (Lipinski definition) is 4. The van der Waals surface area contributed by atoms with Crippen molar-refractivity contribution in [2.45, 2.75) is 18.7 Å². The minimum Gasteiger partial charge on any atom is -0.457 e. The van der Waals surface area contributed by atoms with Gasteiger partial charge in [-0.3, -0.25) is 9.10 Å². The highest BCUT2D eigenvalue weighted by Gasteiger charge is 2.28. The average molecular weight is 413 g/mol. The number of anilines is 1. The molecular weight excluding hydrogens is 388 g/mol. The average Bonchev–Trinajstić information content (AvgIpc) is 2.69. The topological polar surface area (TPSA) is 68.6 Å². The Morgan fingerprint density at radius 1 is 0.931 bits per heavy atom. The first-order chi connectivity index (χ1) is 13.8. The monoisotopic (exact) mass is 412 g/mol. The fourth-order valence-electron chi connectivity index (χ4n) is 2.86. The van der Waals surface area contributed by atoms with Gasteiger partial charge in [-0.15, -0.1) is 0 Å². The van der Waals surface area contributed by atoms with Crippen LogP contribution >= 0.6 is 0 Å². The Kier molecular flexibility index (Phi) is 6.08. The molecule has 0 saturated carbocycles. The van der Waals surface area contributed by atoms with Gasteiger partial charge in [-0.1, -0.05) is 32.0 Å². The van der Waals surface area contributed by atoms with Crippen LogP contribution in [-0.2, 0) is 17.1 Å². The molecule has 0 aliphatic heterocycles. The molecule has 1 aromatic heterocycles. The summed E-state index contributed by atoms with van der Waals surface area (Å²) in [5.41, 5.74) is -0.228. The van der Waals surface area contributed by atoms with Crippen molar-refractivity contribution in [3.63, 3.8) is 0 Å². The summed E-state index contributed by atoms with van der Waals surface area (Å²) in [5, 5.41) is 0. The molecule has 0 spiro atoms. The number of nitrogens with zero attached hydrogens (tertiary/aromatic N) is 2. The van der Waals surface area contributed by atoms with Crippen LogP contribution in [0.2, 0.25) is 0 Å². The lowest BCUT2D eigenvalue weighted by molar-refractivity contribution is 0.482. The molecule has 0 bridgehead atoms. The second-order valence-electron chi connectivity index (χ2n) is 7.13. The number of benzene rings is 2. The van der Waals surface area contributed by atoms with Crippen LogP contribution in [0.5, 0.6) is 11.5 Å². The summed E-state index contributed by atoms with van der Waals surface area (Å²) in [6.07, 6.45) is 1.60. The molecule has 152 valence electrons. The number of aromatic nitrogens is 1. The van der Waals surface area contributed by atoms with Crippen molar-refractivity contribution in [3.8, 4) is 11.5 Å². The number of aryl methyl sites for hydroxylation is 1. The van der Waals surface area contributed by atoms with Gasteiger partial charge in [-0.25, -0.2) is 8.42 Å². The molecule has 0 radical (unpaired) electrons. The zero-order valence-corrected chi connectivity index (χ0v) is 17.5. The molecule has 0 atom stereocenters. The van der Waals surface area contributed by atoms with Crippen molar-refractivity contribution in [1.82, 2.24) is 4.57 Å². The maximum absolute atomic E-state index is 13.3. The highest BCUT2D eigenvalue weighted by atomic mass is 32.2. The predicted octanol–water partition coefficient (Wildman–Crippen LogP) is 4.03. The van der Waals surface area contributed by atoms with Gasteiger partial charge in [0, 0.05) is 19.8 Å². The minimum atomic E-state index is -3.91. The van der Waals surface area contributed by atoms with Crippen LogP contribution in [0.15, 0.2) is 82.6 Å². The van der Waals surface area contributed by atoms with Gasteiger partial charge < -0.3 is 9.30 Å². The van der Waals surface area contributed by atoms with Crippen LogP contribution in [0.25, 0.3) is 0 Å². The van der Waals surface area contributed by atoms with Crippen molar-refractivity contribution in [3.05, 3.63) is 83.3 Å². The molecule has 2 aromatic carbocycles. The van der Waals surface area contributed by atoms with Crippen molar-refractivity contribution in [2.24, 2.45) is 13.0 Å². The first-order valence-corrected chi connectivity index (χ1v) is 10.7. The molecule has 0 aliphatic carbocycles. The summed E-state index contributed by atoms with van der Waals surface area (Å²) in [5.74, 6) is 1.23. The number of para-hydroxylation sites is 1. The number of pyridine rings is 1. The van der Waals surface area contributed by atoms with Crippen LogP contribution in [0.3, 0.4) is 0 Å². The zero-order valence-electron chi connectivity index (χ0n) is 16.6. The van der Waals surface area contributed by atoms with Gasteiger partial charge in [0.2, 0.25) is 0 Å². The molecule has 0 aliphatic rings. The van der Waals surface area contributed by atoms with E-state index in [-0.39, 0.29) is 28.6 Å². The Bertz CT molecular complexity index is 1120. The summed E-state index contributed by atoms with van der Waals surface area (Å²) < 4.78 is 35.0. The second-order valence-corrected chi connectivity index (χ2v) is 8.99. The molecule has 0 saturated heterocycles. The van der Waals surface area contributed by atoms with E-state index >= 15 is 0 Å². The van der Waals surface area contributed by atoms with E-state index in [0.717, 1.165) is 0 Å². The first-order valence-electron chi connectivity index (χ1n) is 9.30. The zero-order chi connectivity index (χ0) is 21.0. The maximum atomic E-state index is 13.3. The highest BCUT2D eigenvalue weighted by Crippen LogP contribution is 2.26. The van der Waals surface area contributed by atoms with Gasteiger partial charge in [0.25, 0.3) is 15.6 Å². The molecule has 7 heteroatoms. The van der Waals surface area contributed by atoms with Gasteiger partial charge in [-0.2, -0.15) is 0 Å². The predicted molar refractivity (Wildman–Crippen MR) is 114 cm³/mol. The Morgan fingerprint density at radius 2 is 1.55 bits per heavy atom. The van der Waals surface area contributed by atoms with Crippen LogP contribution in [0, 0.1) is 5.92 Å². The second kappa shape index (κ2) is 8.53. The third-order valence-electron chi connectivity index (χ3n) is 4.29. The Hall–Kier alpha value is -3.06.